The van der Waals surface area contributed by atoms with Gasteiger partial charge in [-0.15, -0.1) is 0 Å². The van der Waals surface area contributed by atoms with Gasteiger partial charge in [0, 0.05) is 18.2 Å². The summed E-state index contributed by atoms with van der Waals surface area (Å²) in [6, 6.07) is 1.14. The molecule has 1 aromatic rings. The van der Waals surface area contributed by atoms with E-state index in [1.165, 1.54) is 6.42 Å². The van der Waals surface area contributed by atoms with Gasteiger partial charge in [-0.1, -0.05) is 12.8 Å². The molecule has 21 heavy (non-hydrogen) atoms. The van der Waals surface area contributed by atoms with Crippen LogP contribution in [0.5, 0.6) is 0 Å². The molecular formula is C15H17F3N2O. The quantitative estimate of drug-likeness (QED) is 0.824. The predicted molar refractivity (Wildman–Crippen MR) is 72.2 cm³/mol. The number of hydrogen-bond acceptors (Lipinski definition) is 2. The summed E-state index contributed by atoms with van der Waals surface area (Å²) in [6.45, 7) is 0. The zero-order chi connectivity index (χ0) is 15.0. The Morgan fingerprint density at radius 1 is 1.19 bits per heavy atom. The van der Waals surface area contributed by atoms with Gasteiger partial charge in [-0.2, -0.15) is 0 Å². The van der Waals surface area contributed by atoms with Crippen molar-refractivity contribution in [3.63, 3.8) is 0 Å². The van der Waals surface area contributed by atoms with E-state index in [-0.39, 0.29) is 0 Å². The first-order chi connectivity index (χ1) is 10.0. The highest BCUT2D eigenvalue weighted by Crippen LogP contribution is 2.33. The van der Waals surface area contributed by atoms with Gasteiger partial charge in [0.15, 0.2) is 11.6 Å². The van der Waals surface area contributed by atoms with Crippen molar-refractivity contribution in [2.75, 3.05) is 5.32 Å². The normalized spacial score (nSPS) is 28.2. The third-order valence-corrected chi connectivity index (χ3v) is 4.43. The lowest BCUT2D eigenvalue weighted by atomic mass is 9.85. The third kappa shape index (κ3) is 2.90. The molecule has 1 aliphatic carbocycles. The van der Waals surface area contributed by atoms with Crippen molar-refractivity contribution in [1.29, 1.82) is 0 Å². The Kier molecular flexibility index (Phi) is 3.89. The molecule has 1 heterocycles. The lowest BCUT2D eigenvalue weighted by Crippen LogP contribution is -2.40. The van der Waals surface area contributed by atoms with Crippen LogP contribution < -0.4 is 10.6 Å². The van der Waals surface area contributed by atoms with Crippen molar-refractivity contribution in [2.24, 2.45) is 5.92 Å². The van der Waals surface area contributed by atoms with E-state index < -0.39 is 35.1 Å². The maximum absolute atomic E-state index is 13.5. The Labute approximate surface area is 120 Å². The monoisotopic (exact) mass is 298 g/mol. The van der Waals surface area contributed by atoms with E-state index in [2.05, 4.69) is 10.6 Å². The largest absolute Gasteiger partial charge is 0.322 e. The number of fused-ring (bicyclic) bond motifs is 1. The van der Waals surface area contributed by atoms with E-state index >= 15 is 0 Å². The van der Waals surface area contributed by atoms with Gasteiger partial charge < -0.3 is 10.6 Å². The average Bonchev–Trinajstić information content (AvgIpc) is 2.88. The van der Waals surface area contributed by atoms with Crippen LogP contribution in [0.3, 0.4) is 0 Å². The highest BCUT2D eigenvalue weighted by molar-refractivity contribution is 5.95. The molecule has 2 N–H and O–H groups in total. The lowest BCUT2D eigenvalue weighted by Gasteiger charge is -2.24. The van der Waals surface area contributed by atoms with Crippen LogP contribution >= 0.6 is 0 Å². The van der Waals surface area contributed by atoms with Crippen LogP contribution in [-0.4, -0.2) is 18.0 Å². The number of carbonyl (C=O) groups is 1. The van der Waals surface area contributed by atoms with Crippen molar-refractivity contribution in [1.82, 2.24) is 5.32 Å². The highest BCUT2D eigenvalue weighted by atomic mass is 19.2. The van der Waals surface area contributed by atoms with Crippen molar-refractivity contribution >= 4 is 11.6 Å². The topological polar surface area (TPSA) is 41.1 Å². The molecule has 3 rings (SSSR count). The zero-order valence-corrected chi connectivity index (χ0v) is 11.5. The van der Waals surface area contributed by atoms with E-state index in [1.54, 1.807) is 0 Å². The molecule has 6 heteroatoms. The Bertz CT molecular complexity index is 550. The fourth-order valence-corrected chi connectivity index (χ4v) is 3.39. The molecule has 3 atom stereocenters. The summed E-state index contributed by atoms with van der Waals surface area (Å²) in [5.74, 6) is -3.44. The molecule has 1 amide bonds. The van der Waals surface area contributed by atoms with Gasteiger partial charge in [0.1, 0.15) is 5.82 Å². The third-order valence-electron chi connectivity index (χ3n) is 4.43. The fourth-order valence-electron chi connectivity index (χ4n) is 3.39. The standard InChI is InChI=1S/C15H17F3N2O/c16-9-6-10(17)14(18)12(7-9)20-15(21)13-5-8-3-1-2-4-11(8)19-13/h6-8,11,13,19H,1-5H2,(H,20,21). The minimum atomic E-state index is -1.31. The number of amides is 1. The van der Waals surface area contributed by atoms with Crippen LogP contribution in [0.1, 0.15) is 32.1 Å². The predicted octanol–water partition coefficient (Wildman–Crippen LogP) is 2.96. The smallest absolute Gasteiger partial charge is 0.241 e. The number of hydrogen-bond donors (Lipinski definition) is 2. The summed E-state index contributed by atoms with van der Waals surface area (Å²) in [5.41, 5.74) is -0.450. The Morgan fingerprint density at radius 2 is 1.95 bits per heavy atom. The molecule has 1 aromatic carbocycles. The van der Waals surface area contributed by atoms with Gasteiger partial charge in [-0.05, 0) is 25.2 Å². The average molecular weight is 298 g/mol. The van der Waals surface area contributed by atoms with E-state index in [9.17, 15) is 18.0 Å². The van der Waals surface area contributed by atoms with Gasteiger partial charge in [-0.3, -0.25) is 4.79 Å². The molecule has 1 saturated heterocycles. The minimum Gasteiger partial charge on any atom is -0.322 e. The van der Waals surface area contributed by atoms with E-state index in [0.29, 0.717) is 24.4 Å². The fraction of sp³-hybridized carbons (Fsp3) is 0.533. The second-order valence-electron chi connectivity index (χ2n) is 5.84. The number of benzene rings is 1. The SMILES string of the molecule is O=C(Nc1cc(F)cc(F)c1F)C1CC2CCCCC2N1. The van der Waals surface area contributed by atoms with Gasteiger partial charge in [0.25, 0.3) is 0 Å². The summed E-state index contributed by atoms with van der Waals surface area (Å²) in [6.07, 6.45) is 5.13. The molecule has 3 nitrogen and oxygen atoms in total. The maximum atomic E-state index is 13.5. The van der Waals surface area contributed by atoms with E-state index in [1.807, 2.05) is 0 Å². The van der Waals surface area contributed by atoms with Crippen LogP contribution in [-0.2, 0) is 4.79 Å². The molecule has 2 aliphatic rings. The van der Waals surface area contributed by atoms with Crippen LogP contribution in [0.4, 0.5) is 18.9 Å². The first-order valence-corrected chi connectivity index (χ1v) is 7.26. The van der Waals surface area contributed by atoms with Crippen LogP contribution in [0, 0.1) is 23.4 Å². The van der Waals surface area contributed by atoms with Gasteiger partial charge in [0.2, 0.25) is 5.91 Å². The summed E-state index contributed by atoms with van der Waals surface area (Å²) in [7, 11) is 0. The second-order valence-corrected chi connectivity index (χ2v) is 5.84. The first kappa shape index (κ1) is 14.4. The summed E-state index contributed by atoms with van der Waals surface area (Å²) >= 11 is 0. The Hall–Kier alpha value is -1.56. The van der Waals surface area contributed by atoms with E-state index in [4.69, 9.17) is 0 Å². The maximum Gasteiger partial charge on any atom is 0.241 e. The van der Waals surface area contributed by atoms with Crippen molar-refractivity contribution in [3.8, 4) is 0 Å². The van der Waals surface area contributed by atoms with Gasteiger partial charge in [-0.25, -0.2) is 13.2 Å². The summed E-state index contributed by atoms with van der Waals surface area (Å²) < 4.78 is 39.8. The van der Waals surface area contributed by atoms with Crippen LogP contribution in [0.15, 0.2) is 12.1 Å². The molecule has 0 spiro atoms. The van der Waals surface area contributed by atoms with Gasteiger partial charge >= 0.3 is 0 Å². The second kappa shape index (κ2) is 5.67. The summed E-state index contributed by atoms with van der Waals surface area (Å²) in [4.78, 5) is 12.1. The zero-order valence-electron chi connectivity index (χ0n) is 11.5. The molecule has 2 fully saturated rings. The van der Waals surface area contributed by atoms with Crippen LogP contribution in [0.2, 0.25) is 0 Å². The molecular weight excluding hydrogens is 281 g/mol. The highest BCUT2D eigenvalue weighted by Gasteiger charge is 2.38. The Balaban J connectivity index is 1.70. The molecule has 0 aromatic heterocycles. The van der Waals surface area contributed by atoms with Crippen molar-refractivity contribution < 1.29 is 18.0 Å². The number of halogens is 3. The lowest BCUT2D eigenvalue weighted by molar-refractivity contribution is -0.117. The Morgan fingerprint density at radius 3 is 2.71 bits per heavy atom. The molecule has 1 saturated carbocycles. The number of carbonyl (C=O) groups excluding carboxylic acids is 1. The minimum absolute atomic E-state index is 0.323. The number of nitrogens with one attached hydrogen (secondary N) is 2. The van der Waals surface area contributed by atoms with Gasteiger partial charge in [0.05, 0.1) is 11.7 Å². The molecule has 0 radical (unpaired) electrons. The summed E-state index contributed by atoms with van der Waals surface area (Å²) in [5, 5.41) is 5.53. The van der Waals surface area contributed by atoms with E-state index in [0.717, 1.165) is 25.3 Å². The first-order valence-electron chi connectivity index (χ1n) is 7.26. The van der Waals surface area contributed by atoms with Crippen molar-refractivity contribution in [3.05, 3.63) is 29.6 Å². The number of anilines is 1. The molecule has 0 bridgehead atoms. The van der Waals surface area contributed by atoms with Crippen LogP contribution in [0.25, 0.3) is 0 Å². The molecule has 114 valence electrons. The molecule has 1 aliphatic heterocycles. The number of rotatable bonds is 2. The molecule has 3 unspecified atom stereocenters. The van der Waals surface area contributed by atoms with Crippen molar-refractivity contribution in [2.45, 2.75) is 44.2 Å².